The number of esters is 1. The molecule has 4 aliphatic rings. The Hall–Kier alpha value is -0.610. The molecule has 4 rings (SSSR count). The van der Waals surface area contributed by atoms with E-state index in [9.17, 15) is 15.0 Å². The summed E-state index contributed by atoms with van der Waals surface area (Å²) in [6, 6.07) is 0. The molecule has 2 N–H and O–H groups in total. The number of ether oxygens (including phenoxy) is 1. The van der Waals surface area contributed by atoms with Crippen LogP contribution in [0.15, 0.2) is 0 Å². The van der Waals surface area contributed by atoms with Crippen molar-refractivity contribution >= 4 is 5.97 Å². The van der Waals surface area contributed by atoms with Crippen LogP contribution in [0.3, 0.4) is 0 Å². The van der Waals surface area contributed by atoms with Gasteiger partial charge in [-0.15, -0.1) is 0 Å². The van der Waals surface area contributed by atoms with Gasteiger partial charge in [0.2, 0.25) is 0 Å². The summed E-state index contributed by atoms with van der Waals surface area (Å²) in [6.07, 6.45) is 1.87. The van der Waals surface area contributed by atoms with Gasteiger partial charge in [0, 0.05) is 0 Å². The number of hydrogen-bond acceptors (Lipinski definition) is 4. The maximum absolute atomic E-state index is 12.2. The average Bonchev–Trinajstić information content (AvgIpc) is 2.80. The van der Waals surface area contributed by atoms with Crippen LogP contribution in [-0.4, -0.2) is 34.5 Å². The molecule has 4 heteroatoms. The molecule has 19 heavy (non-hydrogen) atoms. The van der Waals surface area contributed by atoms with Crippen LogP contribution >= 0.6 is 0 Å². The Labute approximate surface area is 113 Å². The van der Waals surface area contributed by atoms with Gasteiger partial charge in [-0.2, -0.15) is 0 Å². The zero-order valence-corrected chi connectivity index (χ0v) is 11.8. The van der Waals surface area contributed by atoms with E-state index in [-0.39, 0.29) is 29.8 Å². The van der Waals surface area contributed by atoms with Crippen molar-refractivity contribution in [3.05, 3.63) is 0 Å². The quantitative estimate of drug-likeness (QED) is 0.644. The number of cyclic esters (lactones) is 1. The molecule has 3 saturated carbocycles. The zero-order chi connectivity index (χ0) is 13.8. The second kappa shape index (κ2) is 2.86. The van der Waals surface area contributed by atoms with Crippen LogP contribution in [0, 0.1) is 28.1 Å². The van der Waals surface area contributed by atoms with E-state index in [0.29, 0.717) is 6.42 Å². The van der Waals surface area contributed by atoms with E-state index < -0.39 is 22.5 Å². The van der Waals surface area contributed by atoms with Crippen LogP contribution in [-0.2, 0) is 9.53 Å². The van der Waals surface area contributed by atoms with Gasteiger partial charge in [-0.3, -0.25) is 4.79 Å². The molecule has 0 amide bonds. The fraction of sp³-hybridized carbons (Fsp3) is 0.933. The van der Waals surface area contributed by atoms with E-state index in [0.717, 1.165) is 12.8 Å². The van der Waals surface area contributed by atoms with Crippen LogP contribution in [0.5, 0.6) is 0 Å². The molecule has 6 atom stereocenters. The minimum atomic E-state index is -1.04. The highest BCUT2D eigenvalue weighted by molar-refractivity contribution is 5.87. The number of hydrogen-bond donors (Lipinski definition) is 2. The molecule has 0 aromatic heterocycles. The first-order valence-electron chi connectivity index (χ1n) is 7.26. The molecular weight excluding hydrogens is 244 g/mol. The normalized spacial score (nSPS) is 61.1. The highest BCUT2D eigenvalue weighted by atomic mass is 16.5. The van der Waals surface area contributed by atoms with E-state index >= 15 is 0 Å². The zero-order valence-electron chi connectivity index (χ0n) is 11.8. The third-order valence-electron chi connectivity index (χ3n) is 6.75. The lowest BCUT2D eigenvalue weighted by Crippen LogP contribution is -2.58. The lowest BCUT2D eigenvalue weighted by Gasteiger charge is -2.47. The Kier molecular flexibility index (Phi) is 1.83. The maximum Gasteiger partial charge on any atom is 0.315 e. The molecule has 3 aliphatic carbocycles. The maximum atomic E-state index is 12.2. The molecule has 0 radical (unpaired) electrons. The van der Waals surface area contributed by atoms with Gasteiger partial charge in [-0.1, -0.05) is 13.8 Å². The van der Waals surface area contributed by atoms with Crippen LogP contribution in [0.2, 0.25) is 0 Å². The largest absolute Gasteiger partial charge is 0.464 e. The summed E-state index contributed by atoms with van der Waals surface area (Å²) in [5, 5.41) is 21.9. The third-order valence-corrected chi connectivity index (χ3v) is 6.75. The van der Waals surface area contributed by atoms with Crippen molar-refractivity contribution in [1.29, 1.82) is 0 Å². The van der Waals surface area contributed by atoms with Crippen molar-refractivity contribution in [3.63, 3.8) is 0 Å². The van der Waals surface area contributed by atoms with E-state index in [1.807, 2.05) is 0 Å². The monoisotopic (exact) mass is 266 g/mol. The van der Waals surface area contributed by atoms with Crippen molar-refractivity contribution in [2.24, 2.45) is 28.1 Å². The number of fused-ring (bicyclic) bond motifs is 1. The smallest absolute Gasteiger partial charge is 0.315 e. The molecule has 0 aromatic rings. The van der Waals surface area contributed by atoms with Crippen molar-refractivity contribution in [2.45, 2.75) is 51.7 Å². The van der Waals surface area contributed by atoms with Crippen molar-refractivity contribution in [2.75, 3.05) is 6.61 Å². The molecule has 0 unspecified atom stereocenters. The van der Waals surface area contributed by atoms with E-state index in [4.69, 9.17) is 4.74 Å². The molecule has 1 heterocycles. The summed E-state index contributed by atoms with van der Waals surface area (Å²) in [4.78, 5) is 12.2. The first-order valence-corrected chi connectivity index (χ1v) is 7.26. The second-order valence-electron chi connectivity index (χ2n) is 8.25. The van der Waals surface area contributed by atoms with Crippen molar-refractivity contribution in [3.8, 4) is 0 Å². The summed E-state index contributed by atoms with van der Waals surface area (Å²) in [6.45, 7) is 6.45. The van der Waals surface area contributed by atoms with Gasteiger partial charge >= 0.3 is 5.97 Å². The third kappa shape index (κ3) is 1.03. The lowest BCUT2D eigenvalue weighted by atomic mass is 9.60. The standard InChI is InChI=1S/C15H22O4/c1-12(2)4-8-9(5-12)13(3,18)15-6-14(15,10(8)16)7-19-11(15)17/h8-10,16,18H,4-7H2,1-3H3/t8-,9+,10-,13-,14+,15-/m0/s1. The summed E-state index contributed by atoms with van der Waals surface area (Å²) in [7, 11) is 0. The molecule has 106 valence electrons. The predicted octanol–water partition coefficient (Wildman–Crippen LogP) is 1.10. The summed E-state index contributed by atoms with van der Waals surface area (Å²) < 4.78 is 5.21. The van der Waals surface area contributed by atoms with Crippen LogP contribution in [0.1, 0.15) is 40.0 Å². The number of aliphatic hydroxyl groups is 2. The Morgan fingerprint density at radius 3 is 2.63 bits per heavy atom. The molecule has 1 saturated heterocycles. The lowest BCUT2D eigenvalue weighted by molar-refractivity contribution is -0.172. The molecule has 0 aromatic carbocycles. The predicted molar refractivity (Wildman–Crippen MR) is 67.1 cm³/mol. The van der Waals surface area contributed by atoms with Crippen LogP contribution < -0.4 is 0 Å². The van der Waals surface area contributed by atoms with E-state index in [1.54, 1.807) is 6.92 Å². The van der Waals surface area contributed by atoms with Gasteiger partial charge < -0.3 is 14.9 Å². The van der Waals surface area contributed by atoms with Gasteiger partial charge in [-0.05, 0) is 43.4 Å². The SMILES string of the molecule is CC1(C)C[C@H]2[C@@H](C1)[C@](C)(O)[C@@]13C[C@@]1(COC3=O)[C@H]2O. The second-order valence-corrected chi connectivity index (χ2v) is 8.25. The first kappa shape index (κ1) is 12.2. The number of carbonyl (C=O) groups is 1. The first-order chi connectivity index (χ1) is 8.68. The Balaban J connectivity index is 1.85. The van der Waals surface area contributed by atoms with E-state index in [1.165, 1.54) is 0 Å². The highest BCUT2D eigenvalue weighted by Crippen LogP contribution is 2.81. The van der Waals surface area contributed by atoms with Gasteiger partial charge in [0.25, 0.3) is 0 Å². The molecular formula is C15H22O4. The van der Waals surface area contributed by atoms with Crippen molar-refractivity contribution in [1.82, 2.24) is 0 Å². The summed E-state index contributed by atoms with van der Waals surface area (Å²) in [5.41, 5.74) is -2.25. The van der Waals surface area contributed by atoms with Crippen molar-refractivity contribution < 1.29 is 19.7 Å². The summed E-state index contributed by atoms with van der Waals surface area (Å²) >= 11 is 0. The van der Waals surface area contributed by atoms with Gasteiger partial charge in [0.1, 0.15) is 12.0 Å². The van der Waals surface area contributed by atoms with Gasteiger partial charge in [0.15, 0.2) is 0 Å². The molecule has 4 fully saturated rings. The summed E-state index contributed by atoms with van der Waals surface area (Å²) in [5.74, 6) is -0.200. The fourth-order valence-electron chi connectivity index (χ4n) is 5.81. The number of rotatable bonds is 0. The van der Waals surface area contributed by atoms with Crippen LogP contribution in [0.4, 0.5) is 0 Å². The van der Waals surface area contributed by atoms with Gasteiger partial charge in [-0.25, -0.2) is 0 Å². The average molecular weight is 266 g/mol. The molecule has 4 nitrogen and oxygen atoms in total. The minimum Gasteiger partial charge on any atom is -0.464 e. The van der Waals surface area contributed by atoms with Gasteiger partial charge in [0.05, 0.1) is 17.1 Å². The Bertz CT molecular complexity index is 483. The Morgan fingerprint density at radius 1 is 1.26 bits per heavy atom. The number of aliphatic hydroxyl groups excluding tert-OH is 1. The van der Waals surface area contributed by atoms with E-state index in [2.05, 4.69) is 13.8 Å². The topological polar surface area (TPSA) is 66.8 Å². The molecule has 0 bridgehead atoms. The Morgan fingerprint density at radius 2 is 1.95 bits per heavy atom. The number of carbonyl (C=O) groups excluding carboxylic acids is 1. The minimum absolute atomic E-state index is 0.00113. The molecule has 0 spiro atoms. The molecule has 1 aliphatic heterocycles. The fourth-order valence-corrected chi connectivity index (χ4v) is 5.81. The highest BCUT2D eigenvalue weighted by Gasteiger charge is 2.90. The van der Waals surface area contributed by atoms with Crippen LogP contribution in [0.25, 0.3) is 0 Å².